The van der Waals surface area contributed by atoms with Crippen molar-refractivity contribution in [2.75, 3.05) is 11.9 Å². The molecule has 1 aliphatic rings. The summed E-state index contributed by atoms with van der Waals surface area (Å²) in [5.41, 5.74) is 1.87. The van der Waals surface area contributed by atoms with Gasteiger partial charge in [0.1, 0.15) is 10.3 Å². The maximum absolute atomic E-state index is 12.9. The van der Waals surface area contributed by atoms with Crippen LogP contribution in [0.15, 0.2) is 44.4 Å². The Morgan fingerprint density at radius 2 is 1.92 bits per heavy atom. The first kappa shape index (κ1) is 19.5. The average molecular weight is 457 g/mol. The second-order valence-electron chi connectivity index (χ2n) is 6.60. The average Bonchev–Trinajstić information content (AvgIpc) is 3.24. The summed E-state index contributed by atoms with van der Waals surface area (Å²) in [6.45, 7) is 4.58. The molecule has 0 radical (unpaired) electrons. The minimum absolute atomic E-state index is 0.255. The first-order valence-corrected chi connectivity index (χ1v) is 11.5. The molecule has 0 saturated carbocycles. The number of carbonyl (C=O) groups is 1. The molecule has 1 N–H and O–H groups in total. The van der Waals surface area contributed by atoms with E-state index in [-0.39, 0.29) is 10.1 Å². The molecule has 0 spiro atoms. The summed E-state index contributed by atoms with van der Waals surface area (Å²) in [4.78, 5) is 12.7. The van der Waals surface area contributed by atoms with Crippen molar-refractivity contribution in [3.63, 3.8) is 0 Å². The molecule has 8 heteroatoms. The van der Waals surface area contributed by atoms with Gasteiger partial charge in [0.15, 0.2) is 0 Å². The Balaban J connectivity index is 1.76. The lowest BCUT2D eigenvalue weighted by Crippen LogP contribution is -2.42. The molecule has 1 atom stereocenters. The van der Waals surface area contributed by atoms with Crippen molar-refractivity contribution in [2.24, 2.45) is 0 Å². The predicted molar refractivity (Wildman–Crippen MR) is 108 cm³/mol. The van der Waals surface area contributed by atoms with Crippen LogP contribution in [0.3, 0.4) is 0 Å². The van der Waals surface area contributed by atoms with Gasteiger partial charge in [0, 0.05) is 12.2 Å². The fraction of sp³-hybridized carbons (Fsp3) is 0.389. The Morgan fingerprint density at radius 1 is 1.23 bits per heavy atom. The largest absolute Gasteiger partial charge is 0.325 e. The summed E-state index contributed by atoms with van der Waals surface area (Å²) >= 11 is 4.45. The Hall–Kier alpha value is -1.22. The van der Waals surface area contributed by atoms with E-state index >= 15 is 0 Å². The maximum Gasteiger partial charge on any atom is 0.253 e. The summed E-state index contributed by atoms with van der Waals surface area (Å²) in [6.07, 6.45) is 1.21. The van der Waals surface area contributed by atoms with E-state index in [1.165, 1.54) is 9.87 Å². The van der Waals surface area contributed by atoms with Crippen LogP contribution >= 0.6 is 27.3 Å². The van der Waals surface area contributed by atoms with Crippen LogP contribution in [-0.4, -0.2) is 31.2 Å². The summed E-state index contributed by atoms with van der Waals surface area (Å²) in [5, 5.41) is 2.86. The van der Waals surface area contributed by atoms with Gasteiger partial charge in [-0.2, -0.15) is 4.31 Å². The molecule has 0 bridgehead atoms. The van der Waals surface area contributed by atoms with Crippen LogP contribution < -0.4 is 5.32 Å². The van der Waals surface area contributed by atoms with Crippen LogP contribution in [0.1, 0.15) is 38.2 Å². The molecule has 2 heterocycles. The molecular formula is C18H21BrN2O3S2. The summed E-state index contributed by atoms with van der Waals surface area (Å²) in [7, 11) is -3.66. The van der Waals surface area contributed by atoms with E-state index in [9.17, 15) is 13.2 Å². The van der Waals surface area contributed by atoms with Gasteiger partial charge >= 0.3 is 0 Å². The lowest BCUT2D eigenvalue weighted by atomic mass is 10.0. The van der Waals surface area contributed by atoms with E-state index in [2.05, 4.69) is 35.1 Å². The zero-order valence-electron chi connectivity index (χ0n) is 14.6. The number of anilines is 1. The van der Waals surface area contributed by atoms with Gasteiger partial charge in [-0.05, 0) is 64.5 Å². The molecule has 1 fully saturated rings. The number of nitrogens with one attached hydrogen (secondary N) is 1. The normalized spacial score (nSPS) is 18.4. The van der Waals surface area contributed by atoms with Crippen molar-refractivity contribution in [1.29, 1.82) is 0 Å². The van der Waals surface area contributed by atoms with Crippen LogP contribution in [-0.2, 0) is 14.8 Å². The van der Waals surface area contributed by atoms with Gasteiger partial charge in [-0.25, -0.2) is 8.42 Å². The van der Waals surface area contributed by atoms with Gasteiger partial charge in [-0.3, -0.25) is 4.79 Å². The number of nitrogens with zero attached hydrogens (tertiary/aromatic N) is 1. The van der Waals surface area contributed by atoms with Gasteiger partial charge in [0.2, 0.25) is 5.91 Å². The molecule has 0 aliphatic carbocycles. The molecule has 1 aromatic heterocycles. The minimum atomic E-state index is -3.66. The van der Waals surface area contributed by atoms with Crippen molar-refractivity contribution in [2.45, 2.75) is 42.9 Å². The molecule has 5 nitrogen and oxygen atoms in total. The third-order valence-corrected chi connectivity index (χ3v) is 8.46. The number of hydrogen-bond donors (Lipinski definition) is 1. The lowest BCUT2D eigenvalue weighted by molar-refractivity contribution is -0.119. The molecule has 1 amide bonds. The molecule has 2 aromatic rings. The second-order valence-corrected chi connectivity index (χ2v) is 11.2. The van der Waals surface area contributed by atoms with Crippen molar-refractivity contribution in [3.05, 3.63) is 45.7 Å². The van der Waals surface area contributed by atoms with Crippen molar-refractivity contribution < 1.29 is 13.2 Å². The quantitative estimate of drug-likeness (QED) is 0.723. The Bertz CT molecular complexity index is 891. The summed E-state index contributed by atoms with van der Waals surface area (Å²) < 4.78 is 28.1. The zero-order valence-corrected chi connectivity index (χ0v) is 17.8. The third kappa shape index (κ3) is 4.03. The standard InChI is InChI=1S/C18H21BrN2O3S2/c1-12(2)13-5-7-14(8-6-13)20-18(22)15-4-3-11-21(15)26(23,24)17-10-9-16(19)25-17/h5-10,12,15H,3-4,11H2,1-2H3,(H,20,22)/t15-/m1/s1. The summed E-state index contributed by atoms with van der Waals surface area (Å²) in [5.74, 6) is 0.138. The van der Waals surface area contributed by atoms with Crippen LogP contribution in [0.4, 0.5) is 5.69 Å². The Morgan fingerprint density at radius 3 is 2.50 bits per heavy atom. The van der Waals surface area contributed by atoms with Crippen LogP contribution in [0.25, 0.3) is 0 Å². The third-order valence-electron chi connectivity index (χ3n) is 4.46. The van der Waals surface area contributed by atoms with Crippen molar-refractivity contribution in [1.82, 2.24) is 4.31 Å². The zero-order chi connectivity index (χ0) is 18.9. The number of benzene rings is 1. The lowest BCUT2D eigenvalue weighted by Gasteiger charge is -2.22. The fourth-order valence-electron chi connectivity index (χ4n) is 3.02. The van der Waals surface area contributed by atoms with Crippen LogP contribution in [0.5, 0.6) is 0 Å². The molecule has 26 heavy (non-hydrogen) atoms. The van der Waals surface area contributed by atoms with Crippen molar-refractivity contribution in [3.8, 4) is 0 Å². The van der Waals surface area contributed by atoms with Gasteiger partial charge < -0.3 is 5.32 Å². The minimum Gasteiger partial charge on any atom is -0.325 e. The first-order chi connectivity index (χ1) is 12.3. The first-order valence-electron chi connectivity index (χ1n) is 8.47. The highest BCUT2D eigenvalue weighted by atomic mass is 79.9. The van der Waals surface area contributed by atoms with Gasteiger partial charge in [0.05, 0.1) is 3.79 Å². The molecule has 1 aliphatic heterocycles. The highest BCUT2D eigenvalue weighted by molar-refractivity contribution is 9.11. The SMILES string of the molecule is CC(C)c1ccc(NC(=O)[C@H]2CCCN2S(=O)(=O)c2ccc(Br)s2)cc1. The molecule has 1 aromatic carbocycles. The smallest absolute Gasteiger partial charge is 0.253 e. The molecule has 1 saturated heterocycles. The van der Waals surface area contributed by atoms with E-state index in [4.69, 9.17) is 0 Å². The van der Waals surface area contributed by atoms with Gasteiger partial charge in [-0.1, -0.05) is 26.0 Å². The van der Waals surface area contributed by atoms with Crippen LogP contribution in [0.2, 0.25) is 0 Å². The number of rotatable bonds is 5. The summed E-state index contributed by atoms with van der Waals surface area (Å²) in [6, 6.07) is 10.3. The topological polar surface area (TPSA) is 66.5 Å². The van der Waals surface area contributed by atoms with Gasteiger partial charge in [-0.15, -0.1) is 11.3 Å². The van der Waals surface area contributed by atoms with E-state index in [0.29, 0.717) is 31.0 Å². The van der Waals surface area contributed by atoms with Crippen LogP contribution in [0, 0.1) is 0 Å². The number of hydrogen-bond acceptors (Lipinski definition) is 4. The molecular weight excluding hydrogens is 436 g/mol. The molecule has 140 valence electrons. The highest BCUT2D eigenvalue weighted by Gasteiger charge is 2.40. The molecule has 3 rings (SSSR count). The highest BCUT2D eigenvalue weighted by Crippen LogP contribution is 2.32. The predicted octanol–water partition coefficient (Wildman–Crippen LogP) is 4.43. The number of amides is 1. The number of thiophene rings is 1. The number of carbonyl (C=O) groups excluding carboxylic acids is 1. The number of sulfonamides is 1. The van der Waals surface area contributed by atoms with E-state index < -0.39 is 16.1 Å². The van der Waals surface area contributed by atoms with E-state index in [1.54, 1.807) is 12.1 Å². The monoisotopic (exact) mass is 456 g/mol. The Labute approximate surface area is 166 Å². The maximum atomic E-state index is 12.9. The van der Waals surface area contributed by atoms with E-state index in [0.717, 1.165) is 15.1 Å². The number of halogens is 1. The Kier molecular flexibility index (Phi) is 5.86. The van der Waals surface area contributed by atoms with E-state index in [1.807, 2.05) is 24.3 Å². The fourth-order valence-corrected chi connectivity index (χ4v) is 6.81. The van der Waals surface area contributed by atoms with Gasteiger partial charge in [0.25, 0.3) is 10.0 Å². The van der Waals surface area contributed by atoms with Crippen molar-refractivity contribution >= 4 is 48.9 Å². The second kappa shape index (κ2) is 7.80. The molecule has 0 unspecified atom stereocenters.